The van der Waals surface area contributed by atoms with E-state index in [4.69, 9.17) is 4.74 Å². The number of hydrogen-bond acceptors (Lipinski definition) is 7. The third kappa shape index (κ3) is 5.72. The van der Waals surface area contributed by atoms with E-state index in [0.717, 1.165) is 27.4 Å². The van der Waals surface area contributed by atoms with Gasteiger partial charge in [-0.2, -0.15) is 0 Å². The van der Waals surface area contributed by atoms with E-state index >= 15 is 0 Å². The van der Waals surface area contributed by atoms with Crippen molar-refractivity contribution in [3.63, 3.8) is 0 Å². The van der Waals surface area contributed by atoms with E-state index in [0.29, 0.717) is 12.3 Å². The van der Waals surface area contributed by atoms with Crippen LogP contribution in [-0.2, 0) is 17.8 Å². The fraction of sp³-hybridized carbons (Fsp3) is 0.269. The second kappa shape index (κ2) is 11.0. The summed E-state index contributed by atoms with van der Waals surface area (Å²) >= 11 is 0. The first-order valence-corrected chi connectivity index (χ1v) is 11.4. The largest absolute Gasteiger partial charge is 0.481 e. The molecule has 0 aliphatic rings. The quantitative estimate of drug-likeness (QED) is 0.346. The Balaban J connectivity index is 1.37. The second-order valence-electron chi connectivity index (χ2n) is 8.40. The van der Waals surface area contributed by atoms with Crippen LogP contribution in [0.25, 0.3) is 22.0 Å². The van der Waals surface area contributed by atoms with E-state index < -0.39 is 29.4 Å². The molecule has 186 valence electrons. The minimum Gasteiger partial charge on any atom is -0.481 e. The van der Waals surface area contributed by atoms with Gasteiger partial charge in [0, 0.05) is 24.4 Å². The molecular weight excluding hydrogens is 467 g/mol. The molecule has 0 saturated heterocycles. The van der Waals surface area contributed by atoms with Gasteiger partial charge in [-0.25, -0.2) is 14.1 Å². The van der Waals surface area contributed by atoms with E-state index in [9.17, 15) is 24.2 Å². The van der Waals surface area contributed by atoms with Crippen molar-refractivity contribution in [2.75, 3.05) is 7.11 Å². The molecule has 2 N–H and O–H groups in total. The van der Waals surface area contributed by atoms with Crippen molar-refractivity contribution in [2.24, 2.45) is 5.92 Å². The van der Waals surface area contributed by atoms with Gasteiger partial charge in [0.05, 0.1) is 24.5 Å². The lowest BCUT2D eigenvalue weighted by molar-refractivity contribution is -0.146. The highest BCUT2D eigenvalue weighted by Gasteiger charge is 2.26. The van der Waals surface area contributed by atoms with Gasteiger partial charge < -0.3 is 14.9 Å². The summed E-state index contributed by atoms with van der Waals surface area (Å²) in [7, 11) is 1.56. The van der Waals surface area contributed by atoms with Crippen molar-refractivity contribution in [3.05, 3.63) is 82.5 Å². The van der Waals surface area contributed by atoms with Crippen LogP contribution in [0.1, 0.15) is 18.4 Å². The molecule has 2 atom stereocenters. The molecule has 0 fully saturated rings. The maximum Gasteiger partial charge on any atom is 0.309 e. The molecule has 0 aliphatic carbocycles. The molecule has 0 bridgehead atoms. The van der Waals surface area contributed by atoms with Gasteiger partial charge in [-0.15, -0.1) is 5.10 Å². The molecular formula is C26H25FN4O5. The Morgan fingerprint density at radius 1 is 1.08 bits per heavy atom. The van der Waals surface area contributed by atoms with Gasteiger partial charge in [-0.3, -0.25) is 9.59 Å². The van der Waals surface area contributed by atoms with Crippen molar-refractivity contribution < 1.29 is 24.1 Å². The third-order valence-electron chi connectivity index (χ3n) is 6.08. The van der Waals surface area contributed by atoms with E-state index in [1.807, 2.05) is 30.3 Å². The van der Waals surface area contributed by atoms with E-state index in [1.54, 1.807) is 19.4 Å². The molecule has 36 heavy (non-hydrogen) atoms. The van der Waals surface area contributed by atoms with Crippen LogP contribution in [0.5, 0.6) is 5.88 Å². The van der Waals surface area contributed by atoms with Crippen molar-refractivity contribution in [2.45, 2.75) is 31.9 Å². The lowest BCUT2D eigenvalue weighted by Crippen LogP contribution is -2.32. The summed E-state index contributed by atoms with van der Waals surface area (Å²) in [5.74, 6) is -2.32. The molecule has 2 aromatic carbocycles. The number of aryl methyl sites for hydroxylation is 2. The first-order chi connectivity index (χ1) is 17.4. The lowest BCUT2D eigenvalue weighted by atomic mass is 9.93. The van der Waals surface area contributed by atoms with Crippen LogP contribution in [0.2, 0.25) is 0 Å². The van der Waals surface area contributed by atoms with Crippen LogP contribution in [0.4, 0.5) is 4.39 Å². The number of aromatic nitrogens is 4. The van der Waals surface area contributed by atoms with Crippen molar-refractivity contribution in [1.82, 2.24) is 20.0 Å². The first-order valence-electron chi connectivity index (χ1n) is 11.4. The number of rotatable bonds is 10. The van der Waals surface area contributed by atoms with Gasteiger partial charge in [-0.05, 0) is 54.7 Å². The van der Waals surface area contributed by atoms with Crippen LogP contribution in [-0.4, -0.2) is 49.4 Å². The number of nitrogens with zero attached hydrogens (tertiary/aromatic N) is 4. The number of aliphatic hydroxyl groups excluding tert-OH is 1. The molecule has 4 rings (SSSR count). The predicted molar refractivity (Wildman–Crippen MR) is 130 cm³/mol. The molecule has 0 spiro atoms. The fourth-order valence-electron chi connectivity index (χ4n) is 3.99. The number of ether oxygens (including phenoxy) is 1. The average molecular weight is 493 g/mol. The summed E-state index contributed by atoms with van der Waals surface area (Å²) in [6.45, 7) is -0.0725. The number of carboxylic acid groups (broad SMARTS) is 1. The molecule has 0 unspecified atom stereocenters. The number of pyridine rings is 1. The highest BCUT2D eigenvalue weighted by molar-refractivity contribution is 5.76. The molecule has 4 aromatic rings. The van der Waals surface area contributed by atoms with Crippen LogP contribution in [0, 0.1) is 11.7 Å². The summed E-state index contributed by atoms with van der Waals surface area (Å²) in [6.07, 6.45) is 1.26. The van der Waals surface area contributed by atoms with E-state index in [-0.39, 0.29) is 30.3 Å². The number of aliphatic hydroxyl groups is 1. The monoisotopic (exact) mass is 492 g/mol. The number of carboxylic acids is 1. The molecule has 2 aromatic heterocycles. The van der Waals surface area contributed by atoms with Gasteiger partial charge in [0.1, 0.15) is 11.3 Å². The number of halogens is 1. The lowest BCUT2D eigenvalue weighted by Gasteiger charge is -2.19. The Kier molecular flexibility index (Phi) is 7.65. The molecule has 10 heteroatoms. The topological polar surface area (TPSA) is 127 Å². The zero-order valence-electron chi connectivity index (χ0n) is 19.5. The normalized spacial score (nSPS) is 12.9. The van der Waals surface area contributed by atoms with E-state index in [2.05, 4.69) is 15.3 Å². The zero-order chi connectivity index (χ0) is 25.7. The van der Waals surface area contributed by atoms with Crippen LogP contribution in [0.3, 0.4) is 0 Å². The number of carbonyl (C=O) groups is 1. The maximum absolute atomic E-state index is 13.5. The average Bonchev–Trinajstić information content (AvgIpc) is 2.89. The predicted octanol–water partition coefficient (Wildman–Crippen LogP) is 3.09. The Morgan fingerprint density at radius 2 is 1.83 bits per heavy atom. The van der Waals surface area contributed by atoms with Crippen molar-refractivity contribution >= 4 is 16.9 Å². The summed E-state index contributed by atoms with van der Waals surface area (Å²) in [4.78, 5) is 28.6. The van der Waals surface area contributed by atoms with Gasteiger partial charge in [0.25, 0.3) is 5.56 Å². The van der Waals surface area contributed by atoms with Crippen molar-refractivity contribution in [1.29, 1.82) is 0 Å². The molecule has 2 heterocycles. The van der Waals surface area contributed by atoms with Gasteiger partial charge in [-0.1, -0.05) is 29.5 Å². The zero-order valence-corrected chi connectivity index (χ0v) is 19.5. The molecule has 9 nitrogen and oxygen atoms in total. The minimum absolute atomic E-state index is 0.0324. The molecule has 0 aliphatic heterocycles. The van der Waals surface area contributed by atoms with Gasteiger partial charge >= 0.3 is 5.97 Å². The summed E-state index contributed by atoms with van der Waals surface area (Å²) in [6, 6.07) is 15.0. The minimum atomic E-state index is -1.17. The number of methoxy groups -OCH3 is 1. The second-order valence-corrected chi connectivity index (χ2v) is 8.40. The molecule has 0 amide bonds. The highest BCUT2D eigenvalue weighted by atomic mass is 19.1. The van der Waals surface area contributed by atoms with E-state index in [1.165, 1.54) is 12.1 Å². The Hall–Kier alpha value is -4.18. The third-order valence-corrected chi connectivity index (χ3v) is 6.08. The molecule has 0 radical (unpaired) electrons. The summed E-state index contributed by atoms with van der Waals surface area (Å²) in [5, 5.41) is 28.0. The SMILES string of the molecule is COc1ccc(-c2ccc(CC[C@@H](O)[C@@H](CCn3nnc4ccc(F)cc4c3=O)C(=O)O)cc2)cn1. The smallest absolute Gasteiger partial charge is 0.309 e. The summed E-state index contributed by atoms with van der Waals surface area (Å²) < 4.78 is 19.6. The molecule has 0 saturated carbocycles. The number of fused-ring (bicyclic) bond motifs is 1. The summed E-state index contributed by atoms with van der Waals surface area (Å²) in [5.41, 5.74) is 2.54. The Morgan fingerprint density at radius 3 is 2.50 bits per heavy atom. The van der Waals surface area contributed by atoms with Gasteiger partial charge in [0.15, 0.2) is 0 Å². The maximum atomic E-state index is 13.5. The number of benzene rings is 2. The Bertz CT molecular complexity index is 1410. The van der Waals surface area contributed by atoms with Crippen molar-refractivity contribution in [3.8, 4) is 17.0 Å². The highest BCUT2D eigenvalue weighted by Crippen LogP contribution is 2.22. The van der Waals surface area contributed by atoms with Gasteiger partial charge in [0.2, 0.25) is 5.88 Å². The fourth-order valence-corrected chi connectivity index (χ4v) is 3.99. The first kappa shape index (κ1) is 24.9. The number of aliphatic carboxylic acids is 1. The number of hydrogen-bond donors (Lipinski definition) is 2. The van der Waals surface area contributed by atoms with Crippen LogP contribution < -0.4 is 10.3 Å². The van der Waals surface area contributed by atoms with Crippen LogP contribution in [0.15, 0.2) is 65.6 Å². The Labute approximate surface area is 205 Å². The standard InChI is InChI=1S/C26H25FN4O5/c1-36-24-11-7-18(15-28-24)17-5-2-16(3-6-17)4-10-23(32)20(26(34)35)12-13-31-25(33)21-14-19(27)8-9-22(21)29-30-31/h2-3,5-9,11,14-15,20,23,32H,4,10,12-13H2,1H3,(H,34,35)/t20-,23-/m1/s1. The van der Waals surface area contributed by atoms with Crippen LogP contribution >= 0.6 is 0 Å².